The molecule has 0 aromatic heterocycles. The van der Waals surface area contributed by atoms with Crippen LogP contribution in [0, 0.1) is 17.8 Å². The lowest BCUT2D eigenvalue weighted by atomic mass is 9.87. The van der Waals surface area contributed by atoms with E-state index >= 15 is 0 Å². The van der Waals surface area contributed by atoms with Crippen LogP contribution >= 0.6 is 0 Å². The Morgan fingerprint density at radius 1 is 0.435 bits per heavy atom. The number of aliphatic hydroxyl groups is 1. The van der Waals surface area contributed by atoms with E-state index in [0.717, 1.165) is 16.7 Å². The summed E-state index contributed by atoms with van der Waals surface area (Å²) in [4.78, 5) is 26.9. The molecule has 7 fully saturated rings. The molecule has 7 heterocycles. The molecule has 12 rings (SSSR count). The van der Waals surface area contributed by atoms with E-state index < -0.39 is 92.4 Å². The number of aliphatic hydroxyl groups excluding tert-OH is 1. The Morgan fingerprint density at radius 2 is 0.824 bits per heavy atom. The highest BCUT2D eigenvalue weighted by molar-refractivity contribution is 5.90. The first-order chi connectivity index (χ1) is 41.4. The van der Waals surface area contributed by atoms with Crippen LogP contribution in [0.2, 0.25) is 0 Å². The lowest BCUT2D eigenvalue weighted by Crippen LogP contribution is -2.66. The summed E-state index contributed by atoms with van der Waals surface area (Å²) in [5, 5.41) is 11.3. The second kappa shape index (κ2) is 28.1. The molecule has 0 aliphatic carbocycles. The van der Waals surface area contributed by atoms with Crippen molar-refractivity contribution >= 4 is 11.9 Å². The fourth-order valence-corrected chi connectivity index (χ4v) is 12.1. The van der Waals surface area contributed by atoms with E-state index in [4.69, 9.17) is 75.8 Å². The van der Waals surface area contributed by atoms with Crippen LogP contribution in [-0.4, -0.2) is 155 Å². The van der Waals surface area contributed by atoms with Gasteiger partial charge in [0.25, 0.3) is 0 Å². The van der Waals surface area contributed by atoms with Gasteiger partial charge in [-0.25, -0.2) is 9.59 Å². The molecular formula is C66H78O19. The predicted molar refractivity (Wildman–Crippen MR) is 303 cm³/mol. The van der Waals surface area contributed by atoms with Crippen LogP contribution in [0.3, 0.4) is 0 Å². The van der Waals surface area contributed by atoms with E-state index in [-0.39, 0.29) is 73.7 Å². The number of ether oxygens (including phenoxy) is 16. The van der Waals surface area contributed by atoms with Gasteiger partial charge in [0.05, 0.1) is 55.4 Å². The van der Waals surface area contributed by atoms with Gasteiger partial charge in [-0.2, -0.15) is 0 Å². The zero-order valence-corrected chi connectivity index (χ0v) is 48.8. The van der Waals surface area contributed by atoms with Gasteiger partial charge < -0.3 is 80.9 Å². The molecule has 0 spiro atoms. The van der Waals surface area contributed by atoms with Gasteiger partial charge in [0.1, 0.15) is 48.8 Å². The molecular weight excluding hydrogens is 1100 g/mol. The van der Waals surface area contributed by atoms with E-state index in [2.05, 4.69) is 6.92 Å². The van der Waals surface area contributed by atoms with Gasteiger partial charge in [0.2, 0.25) is 0 Å². The van der Waals surface area contributed by atoms with Crippen molar-refractivity contribution in [3.63, 3.8) is 0 Å². The fraction of sp³-hybridized carbons (Fsp3) is 0.515. The van der Waals surface area contributed by atoms with Crippen molar-refractivity contribution in [1.82, 2.24) is 0 Å². The second-order valence-corrected chi connectivity index (χ2v) is 22.6. The number of hydrogen-bond acceptors (Lipinski definition) is 19. The summed E-state index contributed by atoms with van der Waals surface area (Å²) in [7, 11) is 1.56. The molecule has 5 aromatic carbocycles. The Morgan fingerprint density at radius 3 is 1.31 bits per heavy atom. The highest BCUT2D eigenvalue weighted by atomic mass is 16.8. The third-order valence-electron chi connectivity index (χ3n) is 17.1. The Kier molecular flexibility index (Phi) is 20.2. The predicted octanol–water partition coefficient (Wildman–Crippen LogP) is 8.84. The van der Waals surface area contributed by atoms with Crippen LogP contribution in [0.4, 0.5) is 0 Å². The van der Waals surface area contributed by atoms with Crippen molar-refractivity contribution in [1.29, 1.82) is 0 Å². The molecule has 11 unspecified atom stereocenters. The van der Waals surface area contributed by atoms with Gasteiger partial charge in [-0.15, -0.1) is 0 Å². The first-order valence-electron chi connectivity index (χ1n) is 29.6. The Bertz CT molecular complexity index is 2870. The number of hydrogen-bond donors (Lipinski definition) is 1. The van der Waals surface area contributed by atoms with Crippen molar-refractivity contribution in [3.8, 4) is 0 Å². The maximum Gasteiger partial charge on any atom is 0.338 e. The van der Waals surface area contributed by atoms with Crippen LogP contribution in [0.15, 0.2) is 152 Å². The summed E-state index contributed by atoms with van der Waals surface area (Å²) in [6.45, 7) is 12.9. The molecule has 0 amide bonds. The summed E-state index contributed by atoms with van der Waals surface area (Å²) < 4.78 is 100. The highest BCUT2D eigenvalue weighted by Crippen LogP contribution is 2.43. The van der Waals surface area contributed by atoms with Gasteiger partial charge in [-0.05, 0) is 45.0 Å². The quantitative estimate of drug-likeness (QED) is 0.103. The Balaban J connectivity index is 0.000000183. The van der Waals surface area contributed by atoms with E-state index in [0.29, 0.717) is 24.3 Å². The minimum absolute atomic E-state index is 0.0147. The topological polar surface area (TPSA) is 202 Å². The molecule has 7 saturated heterocycles. The second-order valence-electron chi connectivity index (χ2n) is 22.6. The molecule has 5 aromatic rings. The van der Waals surface area contributed by atoms with Crippen molar-refractivity contribution in [2.75, 3.05) is 33.5 Å². The molecule has 0 saturated carbocycles. The first kappa shape index (κ1) is 61.1. The van der Waals surface area contributed by atoms with Gasteiger partial charge in [-0.3, -0.25) is 0 Å². The molecule has 0 bridgehead atoms. The number of esters is 2. The summed E-state index contributed by atoms with van der Waals surface area (Å²) in [6, 6.07) is 46.5. The summed E-state index contributed by atoms with van der Waals surface area (Å²) in [5.74, 6) is -1.51. The Labute approximate surface area is 496 Å². The molecule has 19 heteroatoms. The molecule has 85 heavy (non-hydrogen) atoms. The average molecular weight is 1180 g/mol. The largest absolute Gasteiger partial charge is 0.451 e. The number of carbonyl (C=O) groups is 2. The monoisotopic (exact) mass is 1170 g/mol. The highest BCUT2D eigenvalue weighted by Gasteiger charge is 2.57. The minimum atomic E-state index is -1.14. The molecule has 0 radical (unpaired) electrons. The standard InChI is InChI=1S/C37H42O11.C29H36O8/c1-5-41-36-32(46-34(39)25-17-11-7-12-18-25)30(29-27(44-36)21-42-35(47-29)26-19-13-8-14-20-26)48-37-31(28(40-4)22(2)23(3)43-37)45-33(38)24-15-9-6-10-16-24;1-16-18(3)33-22-15-32-28(20-12-8-5-9-13-20)37-26(22)25(16)36-29-23(30)17(2)24-21(34-29)14-31-27(35-24)19-10-6-4-7-11-19/h6-20,22-23,27-32,35-37H,5,21H2,1-4H3;4-13,16-18,21-30H,14-15H2,1-3H3/t22?,23?,27?,28-,29+,30-,31-,32-,35?,36?,37-;16?,17-,18+,21?,22?,23?,24+,25-,26-,27?,28?,29+/m01/s1. The van der Waals surface area contributed by atoms with Crippen molar-refractivity contribution < 1.29 is 90.5 Å². The molecule has 456 valence electrons. The number of fused-ring (bicyclic) bond motifs is 3. The van der Waals surface area contributed by atoms with Gasteiger partial charge in [0.15, 0.2) is 49.9 Å². The van der Waals surface area contributed by atoms with Crippen LogP contribution in [0.25, 0.3) is 0 Å². The third-order valence-corrected chi connectivity index (χ3v) is 17.1. The maximum absolute atomic E-state index is 13.5. The van der Waals surface area contributed by atoms with Crippen molar-refractivity contribution in [3.05, 3.63) is 179 Å². The van der Waals surface area contributed by atoms with Crippen LogP contribution < -0.4 is 0 Å². The van der Waals surface area contributed by atoms with Gasteiger partial charge in [-0.1, -0.05) is 148 Å². The van der Waals surface area contributed by atoms with Gasteiger partial charge >= 0.3 is 11.9 Å². The van der Waals surface area contributed by atoms with Crippen LogP contribution in [0.1, 0.15) is 97.8 Å². The number of methoxy groups -OCH3 is 1. The maximum atomic E-state index is 13.5. The van der Waals surface area contributed by atoms with Crippen LogP contribution in [0.5, 0.6) is 0 Å². The zero-order chi connectivity index (χ0) is 59.1. The summed E-state index contributed by atoms with van der Waals surface area (Å²) in [5.41, 5.74) is 3.40. The normalized spacial score (nSPS) is 38.0. The smallest absolute Gasteiger partial charge is 0.338 e. The summed E-state index contributed by atoms with van der Waals surface area (Å²) >= 11 is 0. The molecule has 19 nitrogen and oxygen atoms in total. The molecule has 23 atom stereocenters. The minimum Gasteiger partial charge on any atom is -0.451 e. The average Bonchev–Trinajstić information content (AvgIpc) is 3.62. The summed E-state index contributed by atoms with van der Waals surface area (Å²) in [6.07, 6.45) is -12.8. The van der Waals surface area contributed by atoms with Gasteiger partial charge in [0, 0.05) is 48.2 Å². The first-order valence-corrected chi connectivity index (χ1v) is 29.6. The molecule has 7 aliphatic rings. The van der Waals surface area contributed by atoms with Crippen LogP contribution in [-0.2, 0) is 75.8 Å². The fourth-order valence-electron chi connectivity index (χ4n) is 12.1. The zero-order valence-electron chi connectivity index (χ0n) is 48.8. The SMILES string of the molecule is CC1[C@H](C)OC2COC(c3ccccc3)O[C@H]2[C@@H]1O[C@@H]1OC2COC(c3ccccc3)O[C@H]2[C@H](C)C1O.CCOC1OC2COC(c3ccccc3)O[C@H]2[C@H](O[C@@H]2OC(C)C(C)[C@H](OC)[C@@H]2OC(=O)c2ccccc2)[C@@H]1OC(=O)c1ccccc1. The van der Waals surface area contributed by atoms with E-state index in [1.165, 1.54) is 0 Å². The van der Waals surface area contributed by atoms with E-state index in [1.54, 1.807) is 55.6 Å². The lowest BCUT2D eigenvalue weighted by Gasteiger charge is -2.51. The van der Waals surface area contributed by atoms with E-state index in [1.807, 2.05) is 138 Å². The molecule has 1 N–H and O–H groups in total. The van der Waals surface area contributed by atoms with Crippen molar-refractivity contribution in [2.24, 2.45) is 17.8 Å². The van der Waals surface area contributed by atoms with E-state index in [9.17, 15) is 14.7 Å². The number of benzene rings is 5. The number of rotatable bonds is 14. The molecule has 7 aliphatic heterocycles. The lowest BCUT2D eigenvalue weighted by molar-refractivity contribution is -0.388. The third kappa shape index (κ3) is 13.8. The van der Waals surface area contributed by atoms with Crippen molar-refractivity contribution in [2.45, 2.75) is 165 Å². The number of carbonyl (C=O) groups excluding carboxylic acids is 2. The Hall–Kier alpha value is -5.56.